The van der Waals surface area contributed by atoms with Crippen molar-refractivity contribution in [1.29, 1.82) is 0 Å². The molecule has 4 rings (SSSR count). The van der Waals surface area contributed by atoms with E-state index in [0.717, 1.165) is 0 Å². The van der Waals surface area contributed by atoms with Crippen molar-refractivity contribution >= 4 is 34.4 Å². The lowest BCUT2D eigenvalue weighted by atomic mass is 10.1. The number of aliphatic hydroxyl groups excluding tert-OH is 1. The molecule has 0 bridgehead atoms. The molecule has 0 amide bonds. The van der Waals surface area contributed by atoms with Crippen LogP contribution in [-0.4, -0.2) is 54.8 Å². The Bertz CT molecular complexity index is 722. The van der Waals surface area contributed by atoms with Gasteiger partial charge in [0.25, 0.3) is 0 Å². The first-order valence-electron chi connectivity index (χ1n) is 6.25. The van der Waals surface area contributed by atoms with Crippen molar-refractivity contribution in [3.63, 3.8) is 0 Å². The van der Waals surface area contributed by atoms with Crippen LogP contribution >= 0.6 is 12.2 Å². The topological polar surface area (TPSA) is 118 Å². The third-order valence-electron chi connectivity index (χ3n) is 3.59. The Morgan fingerprint density at radius 1 is 1.29 bits per heavy atom. The maximum Gasteiger partial charge on any atom is 0.353 e. The number of nitrogens with two attached hydrogens (primary N) is 1. The Morgan fingerprint density at radius 2 is 2.10 bits per heavy atom. The highest BCUT2D eigenvalue weighted by molar-refractivity contribution is 7.79. The minimum atomic E-state index is -0.563. The van der Waals surface area contributed by atoms with Gasteiger partial charge in [0.05, 0.1) is 12.9 Å². The van der Waals surface area contributed by atoms with E-state index in [1.807, 2.05) is 0 Å². The number of aromatic nitrogens is 4. The van der Waals surface area contributed by atoms with Crippen LogP contribution in [-0.2, 0) is 14.2 Å². The molecular formula is C11H11N5O4S. The standard InChI is InChI=1S/C11H11N5O4S/c12-8-5-9(14-2-13-8)16(3-15-5)10-7-6(4(1-17)18-10)19-11(21)20-7/h2-4,6-7,10,17H,1H2,(H2,12,13,14)/t4-,6+,7-,10+/m0/s1. The summed E-state index contributed by atoms with van der Waals surface area (Å²) < 4.78 is 18.3. The predicted octanol–water partition coefficient (Wildman–Crippen LogP) is -0.633. The van der Waals surface area contributed by atoms with Gasteiger partial charge in [0, 0.05) is 12.2 Å². The first kappa shape index (κ1) is 12.7. The van der Waals surface area contributed by atoms with Crippen LogP contribution in [0.5, 0.6) is 0 Å². The molecule has 0 radical (unpaired) electrons. The van der Waals surface area contributed by atoms with Crippen molar-refractivity contribution in [3.8, 4) is 0 Å². The maximum absolute atomic E-state index is 9.40. The zero-order valence-electron chi connectivity index (χ0n) is 10.6. The summed E-state index contributed by atoms with van der Waals surface area (Å²) in [6, 6.07) is 0. The number of fused-ring (bicyclic) bond motifs is 2. The molecule has 2 aliphatic rings. The van der Waals surface area contributed by atoms with Gasteiger partial charge in [-0.25, -0.2) is 15.0 Å². The quantitative estimate of drug-likeness (QED) is 0.699. The van der Waals surface area contributed by atoms with Gasteiger partial charge in [-0.1, -0.05) is 0 Å². The molecule has 2 saturated heterocycles. The second-order valence-corrected chi connectivity index (χ2v) is 5.08. The average Bonchev–Trinajstić information content (AvgIpc) is 3.12. The number of aliphatic hydroxyl groups is 1. The number of nitrogens with zero attached hydrogens (tertiary/aromatic N) is 4. The number of rotatable bonds is 2. The van der Waals surface area contributed by atoms with E-state index >= 15 is 0 Å². The molecule has 21 heavy (non-hydrogen) atoms. The van der Waals surface area contributed by atoms with Crippen molar-refractivity contribution in [1.82, 2.24) is 19.5 Å². The summed E-state index contributed by atoms with van der Waals surface area (Å²) in [5.74, 6) is 0.283. The average molecular weight is 309 g/mol. The minimum absolute atomic E-state index is 0.0512. The van der Waals surface area contributed by atoms with E-state index in [9.17, 15) is 5.11 Å². The molecule has 0 saturated carbocycles. The molecular weight excluding hydrogens is 298 g/mol. The molecule has 110 valence electrons. The SMILES string of the molecule is Nc1ncnc2c1ncn2[C@@H]1O[C@@H](CO)[C@H]2OC(=S)O[C@@H]21. The van der Waals surface area contributed by atoms with Crippen LogP contribution in [0.25, 0.3) is 11.2 Å². The molecule has 10 heteroatoms. The molecule has 0 unspecified atom stereocenters. The monoisotopic (exact) mass is 309 g/mol. The highest BCUT2D eigenvalue weighted by Gasteiger charge is 2.53. The van der Waals surface area contributed by atoms with Gasteiger partial charge in [0.1, 0.15) is 17.9 Å². The third-order valence-corrected chi connectivity index (χ3v) is 3.78. The normalized spacial score (nSPS) is 31.2. The fourth-order valence-electron chi connectivity index (χ4n) is 2.65. The predicted molar refractivity (Wildman–Crippen MR) is 73.1 cm³/mol. The highest BCUT2D eigenvalue weighted by atomic mass is 32.1. The van der Waals surface area contributed by atoms with Gasteiger partial charge in [-0.3, -0.25) is 4.57 Å². The summed E-state index contributed by atoms with van der Waals surface area (Å²) in [6.45, 7) is -0.201. The van der Waals surface area contributed by atoms with Gasteiger partial charge in [-0.15, -0.1) is 0 Å². The number of hydrogen-bond donors (Lipinski definition) is 2. The van der Waals surface area contributed by atoms with Crippen LogP contribution in [0.1, 0.15) is 6.23 Å². The smallest absolute Gasteiger partial charge is 0.353 e. The van der Waals surface area contributed by atoms with Crippen LogP contribution in [0.15, 0.2) is 12.7 Å². The van der Waals surface area contributed by atoms with Crippen LogP contribution in [0.2, 0.25) is 0 Å². The second-order valence-electron chi connectivity index (χ2n) is 4.75. The zero-order chi connectivity index (χ0) is 14.6. The molecule has 4 heterocycles. The van der Waals surface area contributed by atoms with Gasteiger partial charge in [-0.2, -0.15) is 0 Å². The number of nitrogen functional groups attached to an aromatic ring is 1. The van der Waals surface area contributed by atoms with Crippen molar-refractivity contribution in [3.05, 3.63) is 12.7 Å². The van der Waals surface area contributed by atoms with Crippen LogP contribution < -0.4 is 5.73 Å². The minimum Gasteiger partial charge on any atom is -0.446 e. The van der Waals surface area contributed by atoms with Crippen LogP contribution in [0, 0.1) is 0 Å². The lowest BCUT2D eigenvalue weighted by Crippen LogP contribution is -2.30. The van der Waals surface area contributed by atoms with Crippen molar-refractivity contribution in [2.75, 3.05) is 12.3 Å². The Labute approximate surface area is 123 Å². The third kappa shape index (κ3) is 1.76. The molecule has 2 aromatic heterocycles. The van der Waals surface area contributed by atoms with Crippen LogP contribution in [0.3, 0.4) is 0 Å². The molecule has 4 atom stereocenters. The zero-order valence-corrected chi connectivity index (χ0v) is 11.4. The summed E-state index contributed by atoms with van der Waals surface area (Å²) in [5, 5.41) is 9.45. The molecule has 2 aromatic rings. The Balaban J connectivity index is 1.78. The van der Waals surface area contributed by atoms with Gasteiger partial charge in [-0.05, 0) is 0 Å². The summed E-state index contributed by atoms with van der Waals surface area (Å²) in [7, 11) is 0. The first-order chi connectivity index (χ1) is 10.2. The first-order valence-corrected chi connectivity index (χ1v) is 6.66. The number of hydrogen-bond acceptors (Lipinski definition) is 9. The van der Waals surface area contributed by atoms with E-state index < -0.39 is 24.5 Å². The Kier molecular flexibility index (Phi) is 2.71. The fraction of sp³-hybridized carbons (Fsp3) is 0.455. The molecule has 0 spiro atoms. The van der Waals surface area contributed by atoms with E-state index in [1.165, 1.54) is 6.33 Å². The Hall–Kier alpha value is -2.04. The van der Waals surface area contributed by atoms with Crippen LogP contribution in [0.4, 0.5) is 5.82 Å². The van der Waals surface area contributed by atoms with Crippen molar-refractivity contribution in [2.45, 2.75) is 24.5 Å². The van der Waals surface area contributed by atoms with E-state index in [0.29, 0.717) is 11.2 Å². The number of imidazole rings is 1. The van der Waals surface area contributed by atoms with Gasteiger partial charge < -0.3 is 25.1 Å². The summed E-state index contributed by atoms with van der Waals surface area (Å²) in [4.78, 5) is 12.2. The van der Waals surface area contributed by atoms with Crippen molar-refractivity contribution in [2.24, 2.45) is 0 Å². The van der Waals surface area contributed by atoms with Gasteiger partial charge >= 0.3 is 5.24 Å². The molecule has 3 N–H and O–H groups in total. The summed E-state index contributed by atoms with van der Waals surface area (Å²) >= 11 is 4.92. The van der Waals surface area contributed by atoms with Gasteiger partial charge in [0.15, 0.2) is 29.9 Å². The number of thiocarbonyl (C=S) groups is 1. The van der Waals surface area contributed by atoms with Gasteiger partial charge in [0.2, 0.25) is 0 Å². The maximum atomic E-state index is 9.40. The molecule has 2 aliphatic heterocycles. The molecule has 0 aliphatic carbocycles. The van der Waals surface area contributed by atoms with E-state index in [1.54, 1.807) is 10.9 Å². The molecule has 9 nitrogen and oxygen atoms in total. The molecule has 2 fully saturated rings. The summed E-state index contributed by atoms with van der Waals surface area (Å²) in [5.41, 5.74) is 6.76. The van der Waals surface area contributed by atoms with Crippen molar-refractivity contribution < 1.29 is 19.3 Å². The van der Waals surface area contributed by atoms with E-state index in [4.69, 9.17) is 32.2 Å². The lowest BCUT2D eigenvalue weighted by molar-refractivity contribution is -0.0601. The number of anilines is 1. The number of ether oxygens (including phenoxy) is 3. The van der Waals surface area contributed by atoms with E-state index in [2.05, 4.69) is 15.0 Å². The largest absolute Gasteiger partial charge is 0.446 e. The molecule has 0 aromatic carbocycles. The highest BCUT2D eigenvalue weighted by Crippen LogP contribution is 2.38. The second kappa shape index (κ2) is 4.48. The fourth-order valence-corrected chi connectivity index (χ4v) is 2.88. The lowest BCUT2D eigenvalue weighted by Gasteiger charge is -2.17. The summed E-state index contributed by atoms with van der Waals surface area (Å²) in [6.07, 6.45) is 0.876. The Morgan fingerprint density at radius 3 is 2.90 bits per heavy atom. The van der Waals surface area contributed by atoms with E-state index in [-0.39, 0.29) is 17.7 Å².